The number of aryl methyl sites for hydroxylation is 1. The zero-order chi connectivity index (χ0) is 13.8. The fourth-order valence-corrected chi connectivity index (χ4v) is 1.70. The van der Waals surface area contributed by atoms with E-state index in [1.807, 2.05) is 32.2 Å². The summed E-state index contributed by atoms with van der Waals surface area (Å²) in [5.41, 5.74) is 0. The molecule has 102 valence electrons. The molecule has 2 aromatic heterocycles. The van der Waals surface area contributed by atoms with Gasteiger partial charge in [-0.1, -0.05) is 13.8 Å². The van der Waals surface area contributed by atoms with Crippen LogP contribution in [0.15, 0.2) is 22.6 Å². The minimum Gasteiger partial charge on any atom is -0.465 e. The zero-order valence-electron chi connectivity index (χ0n) is 11.8. The average molecular weight is 260 g/mol. The number of hydrogen-bond acceptors (Lipinski definition) is 5. The van der Waals surface area contributed by atoms with E-state index in [0.29, 0.717) is 12.5 Å². The molecular weight excluding hydrogens is 240 g/mol. The largest absolute Gasteiger partial charge is 0.465 e. The number of nitrogens with one attached hydrogen (secondary N) is 2. The van der Waals surface area contributed by atoms with Crippen molar-refractivity contribution in [2.45, 2.75) is 33.2 Å². The lowest BCUT2D eigenvalue weighted by Gasteiger charge is -2.10. The molecule has 0 saturated heterocycles. The van der Waals surface area contributed by atoms with Gasteiger partial charge in [0.05, 0.1) is 6.54 Å². The highest BCUT2D eigenvalue weighted by atomic mass is 16.3. The predicted octanol–water partition coefficient (Wildman–Crippen LogP) is 3.16. The van der Waals surface area contributed by atoms with Crippen LogP contribution >= 0.6 is 0 Å². The lowest BCUT2D eigenvalue weighted by atomic mass is 10.2. The molecule has 2 aromatic rings. The normalized spacial score (nSPS) is 10.8. The molecule has 2 N–H and O–H groups in total. The first kappa shape index (κ1) is 13.4. The van der Waals surface area contributed by atoms with Crippen LogP contribution in [0.2, 0.25) is 0 Å². The fraction of sp³-hybridized carbons (Fsp3) is 0.429. The minimum absolute atomic E-state index is 0.291. The maximum Gasteiger partial charge on any atom is 0.135 e. The third kappa shape index (κ3) is 3.47. The Bertz CT molecular complexity index is 548. The van der Waals surface area contributed by atoms with Gasteiger partial charge in [-0.05, 0) is 19.1 Å². The van der Waals surface area contributed by atoms with Crippen molar-refractivity contribution in [3.8, 4) is 0 Å². The predicted molar refractivity (Wildman–Crippen MR) is 76.4 cm³/mol. The van der Waals surface area contributed by atoms with Gasteiger partial charge >= 0.3 is 0 Å². The monoisotopic (exact) mass is 260 g/mol. The summed E-state index contributed by atoms with van der Waals surface area (Å²) in [7, 11) is 1.85. The van der Waals surface area contributed by atoms with E-state index in [2.05, 4.69) is 34.4 Å². The number of hydrogen-bond donors (Lipinski definition) is 2. The highest BCUT2D eigenvalue weighted by molar-refractivity contribution is 5.47. The van der Waals surface area contributed by atoms with Crippen LogP contribution in [0.3, 0.4) is 0 Å². The number of rotatable bonds is 5. The molecule has 0 atom stereocenters. The first-order chi connectivity index (χ1) is 9.08. The summed E-state index contributed by atoms with van der Waals surface area (Å²) in [6, 6.07) is 5.81. The first-order valence-corrected chi connectivity index (χ1v) is 6.44. The topological polar surface area (TPSA) is 63.0 Å². The van der Waals surface area contributed by atoms with Gasteiger partial charge in [-0.2, -0.15) is 0 Å². The molecule has 0 unspecified atom stereocenters. The number of furan rings is 1. The van der Waals surface area contributed by atoms with Crippen molar-refractivity contribution in [1.82, 2.24) is 9.97 Å². The Labute approximate surface area is 113 Å². The summed E-state index contributed by atoms with van der Waals surface area (Å²) in [5, 5.41) is 6.31. The lowest BCUT2D eigenvalue weighted by molar-refractivity contribution is 0.490. The number of anilines is 2. The van der Waals surface area contributed by atoms with Gasteiger partial charge in [-0.25, -0.2) is 9.97 Å². The standard InChI is InChI=1S/C14H20N4O/c1-9(2)14-17-12(15-4)7-13(18-14)16-8-11-6-5-10(3)19-11/h5-7,9H,8H2,1-4H3,(H2,15,16,17,18). The van der Waals surface area contributed by atoms with Crippen LogP contribution < -0.4 is 10.6 Å². The number of nitrogens with zero attached hydrogens (tertiary/aromatic N) is 2. The van der Waals surface area contributed by atoms with Gasteiger partial charge in [-0.3, -0.25) is 0 Å². The summed E-state index contributed by atoms with van der Waals surface area (Å²) in [5.74, 6) is 4.55. The molecule has 0 fully saturated rings. The Hall–Kier alpha value is -2.04. The quantitative estimate of drug-likeness (QED) is 0.864. The summed E-state index contributed by atoms with van der Waals surface area (Å²) < 4.78 is 5.52. The SMILES string of the molecule is CNc1cc(NCc2ccc(C)o2)nc(C(C)C)n1. The van der Waals surface area contributed by atoms with Crippen LogP contribution in [0.5, 0.6) is 0 Å². The molecule has 5 nitrogen and oxygen atoms in total. The van der Waals surface area contributed by atoms with E-state index >= 15 is 0 Å². The second kappa shape index (κ2) is 5.73. The Morgan fingerprint density at radius 2 is 1.95 bits per heavy atom. The van der Waals surface area contributed by atoms with Crippen LogP contribution in [0.25, 0.3) is 0 Å². The Balaban J connectivity index is 2.12. The maximum absolute atomic E-state index is 5.52. The molecule has 0 aliphatic heterocycles. The highest BCUT2D eigenvalue weighted by Gasteiger charge is 2.08. The van der Waals surface area contributed by atoms with E-state index in [-0.39, 0.29) is 0 Å². The molecule has 5 heteroatoms. The molecule has 0 aromatic carbocycles. The second-order valence-corrected chi connectivity index (χ2v) is 4.77. The van der Waals surface area contributed by atoms with Crippen molar-refractivity contribution in [3.63, 3.8) is 0 Å². The summed E-state index contributed by atoms with van der Waals surface area (Å²) >= 11 is 0. The third-order valence-electron chi connectivity index (χ3n) is 2.76. The van der Waals surface area contributed by atoms with Gasteiger partial charge in [0.2, 0.25) is 0 Å². The van der Waals surface area contributed by atoms with Gasteiger partial charge in [0.1, 0.15) is 29.0 Å². The van der Waals surface area contributed by atoms with Crippen LogP contribution in [0, 0.1) is 6.92 Å². The van der Waals surface area contributed by atoms with E-state index in [1.165, 1.54) is 0 Å². The second-order valence-electron chi connectivity index (χ2n) is 4.77. The molecule has 0 aliphatic rings. The van der Waals surface area contributed by atoms with Crippen LogP contribution in [0.4, 0.5) is 11.6 Å². The maximum atomic E-state index is 5.52. The van der Waals surface area contributed by atoms with E-state index in [9.17, 15) is 0 Å². The van der Waals surface area contributed by atoms with Gasteiger partial charge in [-0.15, -0.1) is 0 Å². The Morgan fingerprint density at radius 1 is 1.21 bits per heavy atom. The average Bonchev–Trinajstić information content (AvgIpc) is 2.81. The van der Waals surface area contributed by atoms with Crippen molar-refractivity contribution in [2.75, 3.05) is 17.7 Å². The van der Waals surface area contributed by atoms with Crippen molar-refractivity contribution in [1.29, 1.82) is 0 Å². The van der Waals surface area contributed by atoms with Gasteiger partial charge < -0.3 is 15.1 Å². The molecule has 2 rings (SSSR count). The van der Waals surface area contributed by atoms with Crippen molar-refractivity contribution < 1.29 is 4.42 Å². The fourth-order valence-electron chi connectivity index (χ4n) is 1.70. The molecule has 2 heterocycles. The van der Waals surface area contributed by atoms with E-state index in [4.69, 9.17) is 4.42 Å². The molecule has 19 heavy (non-hydrogen) atoms. The van der Waals surface area contributed by atoms with Crippen molar-refractivity contribution in [2.24, 2.45) is 0 Å². The summed E-state index contributed by atoms with van der Waals surface area (Å²) in [6.45, 7) is 6.71. The van der Waals surface area contributed by atoms with Crippen LogP contribution in [-0.4, -0.2) is 17.0 Å². The summed E-state index contributed by atoms with van der Waals surface area (Å²) in [6.07, 6.45) is 0. The third-order valence-corrected chi connectivity index (χ3v) is 2.76. The van der Waals surface area contributed by atoms with E-state index in [1.54, 1.807) is 0 Å². The Morgan fingerprint density at radius 3 is 2.53 bits per heavy atom. The zero-order valence-corrected chi connectivity index (χ0v) is 11.8. The van der Waals surface area contributed by atoms with Gasteiger partial charge in [0.25, 0.3) is 0 Å². The molecule has 0 spiro atoms. The molecular formula is C14H20N4O. The minimum atomic E-state index is 0.291. The molecule has 0 aliphatic carbocycles. The lowest BCUT2D eigenvalue weighted by Crippen LogP contribution is -2.07. The van der Waals surface area contributed by atoms with E-state index < -0.39 is 0 Å². The van der Waals surface area contributed by atoms with Crippen molar-refractivity contribution in [3.05, 3.63) is 35.5 Å². The van der Waals surface area contributed by atoms with Crippen LogP contribution in [-0.2, 0) is 6.54 Å². The van der Waals surface area contributed by atoms with Gasteiger partial charge in [0.15, 0.2) is 0 Å². The van der Waals surface area contributed by atoms with Crippen molar-refractivity contribution >= 4 is 11.6 Å². The van der Waals surface area contributed by atoms with Crippen LogP contribution in [0.1, 0.15) is 37.1 Å². The van der Waals surface area contributed by atoms with Gasteiger partial charge in [0, 0.05) is 19.0 Å². The molecule has 0 amide bonds. The molecule has 0 saturated carbocycles. The molecule has 0 bridgehead atoms. The smallest absolute Gasteiger partial charge is 0.135 e. The van der Waals surface area contributed by atoms with E-state index in [0.717, 1.165) is 29.0 Å². The first-order valence-electron chi connectivity index (χ1n) is 6.44. The number of aromatic nitrogens is 2. The summed E-state index contributed by atoms with van der Waals surface area (Å²) in [4.78, 5) is 8.92. The molecule has 0 radical (unpaired) electrons. The Kier molecular flexibility index (Phi) is 4.04. The highest BCUT2D eigenvalue weighted by Crippen LogP contribution is 2.17.